The van der Waals surface area contributed by atoms with E-state index >= 15 is 0 Å². The second kappa shape index (κ2) is 10.7. The van der Waals surface area contributed by atoms with Gasteiger partial charge in [-0.15, -0.1) is 0 Å². The fourth-order valence-electron chi connectivity index (χ4n) is 3.99. The number of hydrogen-bond donors (Lipinski definition) is 0. The molecular formula is C22H33N3O3. The summed E-state index contributed by atoms with van der Waals surface area (Å²) in [5, 5.41) is 0. The van der Waals surface area contributed by atoms with Gasteiger partial charge in [0, 0.05) is 64.3 Å². The lowest BCUT2D eigenvalue weighted by molar-refractivity contribution is -0.118. The average Bonchev–Trinajstić information content (AvgIpc) is 2.84. The van der Waals surface area contributed by atoms with Crippen LogP contribution in [-0.4, -0.2) is 80.5 Å². The SMILES string of the molecule is CCOCCN1CCN(CCCCN2C(=O)CCC(=O)c3ccccc32)CC1. The average molecular weight is 388 g/mol. The van der Waals surface area contributed by atoms with Crippen molar-refractivity contribution in [3.05, 3.63) is 29.8 Å². The predicted molar refractivity (Wildman–Crippen MR) is 111 cm³/mol. The highest BCUT2D eigenvalue weighted by Gasteiger charge is 2.26. The van der Waals surface area contributed by atoms with Crippen LogP contribution in [0.5, 0.6) is 0 Å². The molecule has 0 aliphatic carbocycles. The minimum absolute atomic E-state index is 0.0706. The minimum Gasteiger partial charge on any atom is -0.380 e. The molecule has 2 aliphatic heterocycles. The van der Waals surface area contributed by atoms with Gasteiger partial charge in [0.15, 0.2) is 5.78 Å². The van der Waals surface area contributed by atoms with E-state index in [1.54, 1.807) is 0 Å². The van der Waals surface area contributed by atoms with Crippen molar-refractivity contribution in [2.24, 2.45) is 0 Å². The van der Waals surface area contributed by atoms with Gasteiger partial charge in [0.25, 0.3) is 0 Å². The van der Waals surface area contributed by atoms with E-state index < -0.39 is 0 Å². The number of ether oxygens (including phenoxy) is 1. The van der Waals surface area contributed by atoms with Crippen molar-refractivity contribution in [2.45, 2.75) is 32.6 Å². The summed E-state index contributed by atoms with van der Waals surface area (Å²) in [4.78, 5) is 31.6. The highest BCUT2D eigenvalue weighted by molar-refractivity contribution is 6.09. The van der Waals surface area contributed by atoms with Crippen molar-refractivity contribution in [1.29, 1.82) is 0 Å². The van der Waals surface area contributed by atoms with Crippen LogP contribution in [0.1, 0.15) is 43.0 Å². The Morgan fingerprint density at radius 1 is 0.893 bits per heavy atom. The molecule has 0 bridgehead atoms. The number of rotatable bonds is 9. The topological polar surface area (TPSA) is 53.1 Å². The van der Waals surface area contributed by atoms with E-state index in [4.69, 9.17) is 4.74 Å². The van der Waals surface area contributed by atoms with E-state index in [-0.39, 0.29) is 11.7 Å². The van der Waals surface area contributed by atoms with E-state index in [2.05, 4.69) is 9.80 Å². The van der Waals surface area contributed by atoms with Crippen molar-refractivity contribution >= 4 is 17.4 Å². The molecule has 0 atom stereocenters. The molecule has 1 saturated heterocycles. The van der Waals surface area contributed by atoms with Crippen molar-refractivity contribution in [2.75, 3.05) is 63.9 Å². The fourth-order valence-corrected chi connectivity index (χ4v) is 3.99. The molecule has 3 rings (SSSR count). The number of carbonyl (C=O) groups excluding carboxylic acids is 2. The first kappa shape index (κ1) is 21.0. The summed E-state index contributed by atoms with van der Waals surface area (Å²) in [6.45, 7) is 10.9. The highest BCUT2D eigenvalue weighted by Crippen LogP contribution is 2.27. The van der Waals surface area contributed by atoms with Crippen LogP contribution in [0, 0.1) is 0 Å². The van der Waals surface area contributed by atoms with Crippen LogP contribution in [0.3, 0.4) is 0 Å². The summed E-state index contributed by atoms with van der Waals surface area (Å²) in [7, 11) is 0. The lowest BCUT2D eigenvalue weighted by Gasteiger charge is -2.34. The van der Waals surface area contributed by atoms with Gasteiger partial charge < -0.3 is 14.5 Å². The molecule has 1 aromatic rings. The van der Waals surface area contributed by atoms with Crippen LogP contribution in [0.2, 0.25) is 0 Å². The summed E-state index contributed by atoms with van der Waals surface area (Å²) in [6, 6.07) is 7.52. The maximum atomic E-state index is 12.5. The lowest BCUT2D eigenvalue weighted by Crippen LogP contribution is -2.47. The number of hydrogen-bond acceptors (Lipinski definition) is 5. The largest absolute Gasteiger partial charge is 0.380 e. The minimum atomic E-state index is 0.0706. The summed E-state index contributed by atoms with van der Waals surface area (Å²) in [5.74, 6) is 0.148. The van der Waals surface area contributed by atoms with Crippen LogP contribution < -0.4 is 4.90 Å². The van der Waals surface area contributed by atoms with Gasteiger partial charge in [-0.2, -0.15) is 0 Å². The lowest BCUT2D eigenvalue weighted by atomic mass is 10.1. The zero-order valence-electron chi connectivity index (χ0n) is 17.1. The molecule has 154 valence electrons. The molecular weight excluding hydrogens is 354 g/mol. The third-order valence-corrected chi connectivity index (χ3v) is 5.69. The van der Waals surface area contributed by atoms with Gasteiger partial charge in [-0.05, 0) is 38.4 Å². The summed E-state index contributed by atoms with van der Waals surface area (Å²) in [5.41, 5.74) is 1.48. The number of fused-ring (bicyclic) bond motifs is 1. The van der Waals surface area contributed by atoms with Gasteiger partial charge in [-0.25, -0.2) is 0 Å². The molecule has 0 unspecified atom stereocenters. The Kier molecular flexibility index (Phi) is 8.01. The quantitative estimate of drug-likeness (QED) is 0.609. The van der Waals surface area contributed by atoms with E-state index in [0.29, 0.717) is 24.9 Å². The molecule has 1 aromatic carbocycles. The van der Waals surface area contributed by atoms with Crippen LogP contribution in [0.4, 0.5) is 5.69 Å². The third kappa shape index (κ3) is 5.63. The van der Waals surface area contributed by atoms with Crippen LogP contribution >= 0.6 is 0 Å². The van der Waals surface area contributed by atoms with Crippen molar-refractivity contribution < 1.29 is 14.3 Å². The number of benzene rings is 1. The van der Waals surface area contributed by atoms with Gasteiger partial charge in [0.05, 0.1) is 12.3 Å². The zero-order valence-corrected chi connectivity index (χ0v) is 17.1. The molecule has 28 heavy (non-hydrogen) atoms. The Labute approximate surface area is 168 Å². The maximum Gasteiger partial charge on any atom is 0.227 e. The number of piperazine rings is 1. The number of nitrogens with zero attached hydrogens (tertiary/aromatic N) is 3. The maximum absolute atomic E-state index is 12.5. The number of unbranched alkanes of at least 4 members (excludes halogenated alkanes) is 1. The third-order valence-electron chi connectivity index (χ3n) is 5.69. The van der Waals surface area contributed by atoms with Gasteiger partial charge in [-0.3, -0.25) is 14.5 Å². The van der Waals surface area contributed by atoms with Gasteiger partial charge in [-0.1, -0.05) is 12.1 Å². The molecule has 6 nitrogen and oxygen atoms in total. The smallest absolute Gasteiger partial charge is 0.227 e. The van der Waals surface area contributed by atoms with E-state index in [1.807, 2.05) is 36.1 Å². The molecule has 0 spiro atoms. The molecule has 2 heterocycles. The first-order valence-electron chi connectivity index (χ1n) is 10.6. The molecule has 2 aliphatic rings. The predicted octanol–water partition coefficient (Wildman–Crippen LogP) is 2.43. The van der Waals surface area contributed by atoms with Gasteiger partial charge >= 0.3 is 0 Å². The van der Waals surface area contributed by atoms with Gasteiger partial charge in [0.2, 0.25) is 5.91 Å². The molecule has 0 N–H and O–H groups in total. The van der Waals surface area contributed by atoms with E-state index in [0.717, 1.165) is 71.0 Å². The van der Waals surface area contributed by atoms with Crippen molar-refractivity contribution in [3.8, 4) is 0 Å². The highest BCUT2D eigenvalue weighted by atomic mass is 16.5. The Morgan fingerprint density at radius 2 is 1.57 bits per heavy atom. The standard InChI is InChI=1S/C22H33N3O3/c1-2-28-18-17-24-15-13-23(14-16-24)11-5-6-12-25-20-8-4-3-7-19(20)21(26)9-10-22(25)27/h3-4,7-8H,2,5-6,9-18H2,1H3. The van der Waals surface area contributed by atoms with Crippen molar-refractivity contribution in [1.82, 2.24) is 9.80 Å². The Bertz CT molecular complexity index is 656. The molecule has 1 amide bonds. The summed E-state index contributed by atoms with van der Waals surface area (Å²) in [6.07, 6.45) is 2.66. The number of Topliss-reactive ketones (excluding diaryl/α,β-unsaturated/α-hetero) is 1. The molecule has 1 fully saturated rings. The Morgan fingerprint density at radius 3 is 2.32 bits per heavy atom. The summed E-state index contributed by atoms with van der Waals surface area (Å²) >= 11 is 0. The van der Waals surface area contributed by atoms with Crippen LogP contribution in [-0.2, 0) is 9.53 Å². The van der Waals surface area contributed by atoms with Gasteiger partial charge in [0.1, 0.15) is 0 Å². The first-order valence-corrected chi connectivity index (χ1v) is 10.6. The molecule has 0 saturated carbocycles. The van der Waals surface area contributed by atoms with Crippen LogP contribution in [0.25, 0.3) is 0 Å². The number of para-hydroxylation sites is 1. The number of ketones is 1. The summed E-state index contributed by atoms with van der Waals surface area (Å²) < 4.78 is 5.44. The normalized spacial score (nSPS) is 19.0. The second-order valence-corrected chi connectivity index (χ2v) is 7.57. The molecule has 0 aromatic heterocycles. The first-order chi connectivity index (χ1) is 13.7. The molecule has 6 heteroatoms. The number of amides is 1. The van der Waals surface area contributed by atoms with E-state index in [1.165, 1.54) is 0 Å². The van der Waals surface area contributed by atoms with E-state index in [9.17, 15) is 9.59 Å². The zero-order chi connectivity index (χ0) is 19.8. The Balaban J connectivity index is 1.41. The number of carbonyl (C=O) groups is 2. The fraction of sp³-hybridized carbons (Fsp3) is 0.636. The van der Waals surface area contributed by atoms with Crippen molar-refractivity contribution in [3.63, 3.8) is 0 Å². The Hall–Kier alpha value is -1.76. The second-order valence-electron chi connectivity index (χ2n) is 7.57. The molecule has 0 radical (unpaired) electrons. The number of anilines is 1. The monoisotopic (exact) mass is 387 g/mol. The van der Waals surface area contributed by atoms with Crippen LogP contribution in [0.15, 0.2) is 24.3 Å².